The Morgan fingerprint density at radius 2 is 1.93 bits per heavy atom. The van der Waals surface area contributed by atoms with E-state index in [1.165, 1.54) is 0 Å². The van der Waals surface area contributed by atoms with Crippen LogP contribution in [-0.2, 0) is 11.2 Å². The maximum absolute atomic E-state index is 13.1. The molecule has 6 nitrogen and oxygen atoms in total. The maximum atomic E-state index is 13.1. The van der Waals surface area contributed by atoms with E-state index in [-0.39, 0.29) is 36.6 Å². The first-order chi connectivity index (χ1) is 13.2. The zero-order chi connectivity index (χ0) is 19.1. The predicted octanol–water partition coefficient (Wildman–Crippen LogP) is 2.33. The molecule has 0 saturated carbocycles. The summed E-state index contributed by atoms with van der Waals surface area (Å²) in [4.78, 5) is 31.8. The number of amides is 2. The highest BCUT2D eigenvalue weighted by Crippen LogP contribution is 2.17. The summed E-state index contributed by atoms with van der Waals surface area (Å²) < 4.78 is 0. The van der Waals surface area contributed by atoms with Crippen molar-refractivity contribution in [3.8, 4) is 0 Å². The SMILES string of the molecule is CNCC1CCN(C(=O)C(Cc2cccnc2)NC(=O)c2ccccc2)C1.Cl.Cl. The summed E-state index contributed by atoms with van der Waals surface area (Å²) in [6, 6.07) is 12.2. The van der Waals surface area contributed by atoms with Gasteiger partial charge in [-0.3, -0.25) is 14.6 Å². The molecule has 2 aromatic rings. The van der Waals surface area contributed by atoms with E-state index in [0.717, 1.165) is 31.6 Å². The number of hydrogen-bond donors (Lipinski definition) is 2. The fourth-order valence-electron chi connectivity index (χ4n) is 3.49. The molecule has 1 aliphatic heterocycles. The minimum absolute atomic E-state index is 0. The summed E-state index contributed by atoms with van der Waals surface area (Å²) in [6.45, 7) is 2.35. The van der Waals surface area contributed by atoms with Crippen molar-refractivity contribution in [1.82, 2.24) is 20.5 Å². The summed E-state index contributed by atoms with van der Waals surface area (Å²) in [5.74, 6) is 0.202. The molecule has 0 aliphatic carbocycles. The van der Waals surface area contributed by atoms with Gasteiger partial charge in [-0.15, -0.1) is 24.8 Å². The van der Waals surface area contributed by atoms with Crippen molar-refractivity contribution in [2.75, 3.05) is 26.7 Å². The maximum Gasteiger partial charge on any atom is 0.251 e. The average Bonchev–Trinajstić information content (AvgIpc) is 3.17. The van der Waals surface area contributed by atoms with Crippen LogP contribution in [0, 0.1) is 5.92 Å². The summed E-state index contributed by atoms with van der Waals surface area (Å²) in [7, 11) is 1.93. The van der Waals surface area contributed by atoms with Crippen LogP contribution in [0.25, 0.3) is 0 Å². The number of nitrogens with one attached hydrogen (secondary N) is 2. The lowest BCUT2D eigenvalue weighted by molar-refractivity contribution is -0.132. The minimum Gasteiger partial charge on any atom is -0.341 e. The first-order valence-electron chi connectivity index (χ1n) is 9.35. The molecule has 2 amide bonds. The Morgan fingerprint density at radius 3 is 2.59 bits per heavy atom. The van der Waals surface area contributed by atoms with E-state index in [0.29, 0.717) is 17.9 Å². The second-order valence-corrected chi connectivity index (χ2v) is 6.95. The number of halogens is 2. The zero-order valence-corrected chi connectivity index (χ0v) is 18.0. The Balaban J connectivity index is 0.00000210. The third-order valence-corrected chi connectivity index (χ3v) is 4.89. The molecule has 1 aliphatic rings. The van der Waals surface area contributed by atoms with E-state index in [1.54, 1.807) is 24.5 Å². The van der Waals surface area contributed by atoms with E-state index in [2.05, 4.69) is 15.6 Å². The number of aromatic nitrogens is 1. The summed E-state index contributed by atoms with van der Waals surface area (Å²) in [6.07, 6.45) is 4.85. The first kappa shape index (κ1) is 24.9. The highest BCUT2D eigenvalue weighted by atomic mass is 35.5. The van der Waals surface area contributed by atoms with Crippen LogP contribution in [0.5, 0.6) is 0 Å². The summed E-state index contributed by atoms with van der Waals surface area (Å²) in [5.41, 5.74) is 1.48. The lowest BCUT2D eigenvalue weighted by Crippen LogP contribution is -2.49. The van der Waals surface area contributed by atoms with Crippen LogP contribution in [0.3, 0.4) is 0 Å². The van der Waals surface area contributed by atoms with Gasteiger partial charge in [-0.2, -0.15) is 0 Å². The molecular weight excluding hydrogens is 411 g/mol. The quantitative estimate of drug-likeness (QED) is 0.695. The van der Waals surface area contributed by atoms with Gasteiger partial charge in [0, 0.05) is 37.5 Å². The Bertz CT molecular complexity index is 762. The van der Waals surface area contributed by atoms with Crippen molar-refractivity contribution in [2.24, 2.45) is 5.92 Å². The zero-order valence-electron chi connectivity index (χ0n) is 16.4. The molecule has 3 rings (SSSR count). The van der Waals surface area contributed by atoms with Crippen LogP contribution in [0.2, 0.25) is 0 Å². The van der Waals surface area contributed by atoms with Crippen molar-refractivity contribution in [1.29, 1.82) is 0 Å². The molecule has 8 heteroatoms. The van der Waals surface area contributed by atoms with Gasteiger partial charge in [-0.05, 0) is 49.7 Å². The van der Waals surface area contributed by atoms with E-state index in [1.807, 2.05) is 42.3 Å². The molecule has 2 unspecified atom stereocenters. The molecule has 1 fully saturated rings. The molecule has 158 valence electrons. The standard InChI is InChI=1S/C21H26N4O2.2ClH/c1-22-13-17-9-11-25(15-17)21(27)19(12-16-6-5-10-23-14-16)24-20(26)18-7-3-2-4-8-18;;/h2-8,10,14,17,19,22H,9,11-13,15H2,1H3,(H,24,26);2*1H. The number of carbonyl (C=O) groups is 2. The molecule has 1 aromatic carbocycles. The first-order valence-corrected chi connectivity index (χ1v) is 9.35. The minimum atomic E-state index is -0.602. The van der Waals surface area contributed by atoms with Gasteiger partial charge < -0.3 is 15.5 Å². The van der Waals surface area contributed by atoms with Crippen LogP contribution in [0.15, 0.2) is 54.9 Å². The highest BCUT2D eigenvalue weighted by molar-refractivity contribution is 5.97. The van der Waals surface area contributed by atoms with Crippen molar-refractivity contribution < 1.29 is 9.59 Å². The Hall–Kier alpha value is -2.15. The lowest BCUT2D eigenvalue weighted by atomic mass is 10.1. The number of carbonyl (C=O) groups excluding carboxylic acids is 2. The third-order valence-electron chi connectivity index (χ3n) is 4.89. The largest absolute Gasteiger partial charge is 0.341 e. The van der Waals surface area contributed by atoms with E-state index in [9.17, 15) is 9.59 Å². The van der Waals surface area contributed by atoms with Gasteiger partial charge >= 0.3 is 0 Å². The van der Waals surface area contributed by atoms with Crippen LogP contribution in [-0.4, -0.2) is 54.4 Å². The van der Waals surface area contributed by atoms with E-state index >= 15 is 0 Å². The molecule has 0 spiro atoms. The normalized spacial score (nSPS) is 16.3. The van der Waals surface area contributed by atoms with Crippen molar-refractivity contribution in [2.45, 2.75) is 18.9 Å². The van der Waals surface area contributed by atoms with Gasteiger partial charge in [0.15, 0.2) is 0 Å². The topological polar surface area (TPSA) is 74.3 Å². The fourth-order valence-corrected chi connectivity index (χ4v) is 3.49. The average molecular weight is 439 g/mol. The van der Waals surface area contributed by atoms with E-state index in [4.69, 9.17) is 0 Å². The Labute approximate surface area is 184 Å². The highest BCUT2D eigenvalue weighted by Gasteiger charge is 2.31. The molecule has 29 heavy (non-hydrogen) atoms. The lowest BCUT2D eigenvalue weighted by Gasteiger charge is -2.24. The van der Waals surface area contributed by atoms with Crippen LogP contribution < -0.4 is 10.6 Å². The molecule has 2 N–H and O–H groups in total. The number of pyridine rings is 1. The number of nitrogens with zero attached hydrogens (tertiary/aromatic N) is 2. The smallest absolute Gasteiger partial charge is 0.251 e. The second kappa shape index (κ2) is 12.4. The molecule has 2 heterocycles. The van der Waals surface area contributed by atoms with Gasteiger partial charge in [-0.1, -0.05) is 24.3 Å². The summed E-state index contributed by atoms with van der Waals surface area (Å²) >= 11 is 0. The monoisotopic (exact) mass is 438 g/mol. The van der Waals surface area contributed by atoms with Crippen molar-refractivity contribution in [3.63, 3.8) is 0 Å². The van der Waals surface area contributed by atoms with Gasteiger partial charge in [-0.25, -0.2) is 0 Å². The number of hydrogen-bond acceptors (Lipinski definition) is 4. The van der Waals surface area contributed by atoms with Crippen LogP contribution >= 0.6 is 24.8 Å². The molecule has 2 atom stereocenters. The number of likely N-dealkylation sites (tertiary alicyclic amines) is 1. The van der Waals surface area contributed by atoms with Gasteiger partial charge in [0.25, 0.3) is 5.91 Å². The van der Waals surface area contributed by atoms with E-state index < -0.39 is 6.04 Å². The fraction of sp³-hybridized carbons (Fsp3) is 0.381. The molecule has 0 radical (unpaired) electrons. The van der Waals surface area contributed by atoms with Gasteiger partial charge in [0.05, 0.1) is 0 Å². The Kier molecular flexibility index (Phi) is 10.7. The van der Waals surface area contributed by atoms with Gasteiger partial charge in [0.1, 0.15) is 6.04 Å². The molecule has 1 aromatic heterocycles. The van der Waals surface area contributed by atoms with Crippen molar-refractivity contribution >= 4 is 36.6 Å². The summed E-state index contributed by atoms with van der Waals surface area (Å²) in [5, 5.41) is 6.11. The number of benzene rings is 1. The van der Waals surface area contributed by atoms with Crippen LogP contribution in [0.1, 0.15) is 22.3 Å². The van der Waals surface area contributed by atoms with Crippen molar-refractivity contribution in [3.05, 3.63) is 66.0 Å². The predicted molar refractivity (Wildman–Crippen MR) is 119 cm³/mol. The van der Waals surface area contributed by atoms with Crippen LogP contribution in [0.4, 0.5) is 0 Å². The molecule has 0 bridgehead atoms. The number of rotatable bonds is 7. The second-order valence-electron chi connectivity index (χ2n) is 6.95. The molecule has 1 saturated heterocycles. The van der Waals surface area contributed by atoms with Gasteiger partial charge in [0.2, 0.25) is 5.91 Å². The molecular formula is C21H28Cl2N4O2. The Morgan fingerprint density at radius 1 is 1.17 bits per heavy atom. The third kappa shape index (κ3) is 6.99.